The summed E-state index contributed by atoms with van der Waals surface area (Å²) in [6, 6.07) is 18.2. The van der Waals surface area contributed by atoms with Crippen LogP contribution in [0.3, 0.4) is 0 Å². The van der Waals surface area contributed by atoms with E-state index in [9.17, 15) is 19.7 Å². The van der Waals surface area contributed by atoms with E-state index in [0.717, 1.165) is 30.9 Å². The fraction of sp³-hybridized carbons (Fsp3) is 0.400. The molecule has 0 saturated carbocycles. The van der Waals surface area contributed by atoms with Crippen LogP contribution in [0.1, 0.15) is 53.0 Å². The SMILES string of the molecule is CC1=C(C(=O)OC(C)C)CC(C(=O)O[C@]2(C)CCN(Cc3ccccc3)C2)=C(C)N1.O=[N+]([O-])c1ccccc1. The molecule has 2 aliphatic heterocycles. The molecule has 2 aromatic carbocycles. The minimum Gasteiger partial charge on any atom is -0.460 e. The number of likely N-dealkylation sites (tertiary alicyclic amines) is 1. The number of benzene rings is 2. The maximum atomic E-state index is 13.0. The number of dihydropyridines is 1. The number of carbonyl (C=O) groups is 2. The molecule has 1 fully saturated rings. The molecular weight excluding hydrogens is 498 g/mol. The number of nitrogens with one attached hydrogen (secondary N) is 1. The number of allylic oxidation sites excluding steroid dienone is 2. The van der Waals surface area contributed by atoms with Crippen molar-refractivity contribution in [1.29, 1.82) is 0 Å². The second-order valence-corrected chi connectivity index (χ2v) is 10.3. The van der Waals surface area contributed by atoms with E-state index in [4.69, 9.17) is 9.47 Å². The summed E-state index contributed by atoms with van der Waals surface area (Å²) in [6.07, 6.45) is 0.787. The molecule has 2 aliphatic rings. The summed E-state index contributed by atoms with van der Waals surface area (Å²) in [4.78, 5) is 37.3. The molecule has 0 amide bonds. The van der Waals surface area contributed by atoms with Crippen LogP contribution < -0.4 is 5.32 Å². The quantitative estimate of drug-likeness (QED) is 0.290. The number of ether oxygens (including phenoxy) is 2. The Bertz CT molecular complexity index is 1240. The van der Waals surface area contributed by atoms with Crippen molar-refractivity contribution in [2.45, 2.75) is 65.7 Å². The second-order valence-electron chi connectivity index (χ2n) is 10.3. The third kappa shape index (κ3) is 8.51. The maximum absolute atomic E-state index is 13.0. The molecule has 0 bridgehead atoms. The maximum Gasteiger partial charge on any atom is 0.336 e. The van der Waals surface area contributed by atoms with Gasteiger partial charge in [0.25, 0.3) is 5.69 Å². The van der Waals surface area contributed by atoms with Crippen LogP contribution in [0.15, 0.2) is 83.2 Å². The van der Waals surface area contributed by atoms with E-state index < -0.39 is 16.5 Å². The first kappa shape index (κ1) is 29.6. The van der Waals surface area contributed by atoms with Crippen molar-refractivity contribution in [1.82, 2.24) is 10.2 Å². The molecule has 0 spiro atoms. The molecular formula is C30H37N3O6. The van der Waals surface area contributed by atoms with Gasteiger partial charge < -0.3 is 14.8 Å². The highest BCUT2D eigenvalue weighted by atomic mass is 16.6. The summed E-state index contributed by atoms with van der Waals surface area (Å²) in [7, 11) is 0. The molecule has 39 heavy (non-hydrogen) atoms. The smallest absolute Gasteiger partial charge is 0.336 e. The van der Waals surface area contributed by atoms with Gasteiger partial charge in [0.15, 0.2) is 0 Å². The number of esters is 2. The zero-order valence-corrected chi connectivity index (χ0v) is 23.2. The third-order valence-electron chi connectivity index (χ3n) is 6.54. The van der Waals surface area contributed by atoms with E-state index >= 15 is 0 Å². The minimum atomic E-state index is -0.548. The number of rotatable bonds is 7. The van der Waals surface area contributed by atoms with E-state index in [1.54, 1.807) is 18.2 Å². The molecule has 9 heteroatoms. The summed E-state index contributed by atoms with van der Waals surface area (Å²) in [5.74, 6) is -0.764. The van der Waals surface area contributed by atoms with E-state index in [-0.39, 0.29) is 24.2 Å². The molecule has 208 valence electrons. The summed E-state index contributed by atoms with van der Waals surface area (Å²) in [6.45, 7) is 11.7. The van der Waals surface area contributed by atoms with Gasteiger partial charge in [-0.15, -0.1) is 0 Å². The van der Waals surface area contributed by atoms with Crippen LogP contribution in [0.25, 0.3) is 0 Å². The van der Waals surface area contributed by atoms with Crippen LogP contribution in [0.5, 0.6) is 0 Å². The number of hydrogen-bond acceptors (Lipinski definition) is 8. The summed E-state index contributed by atoms with van der Waals surface area (Å²) in [5, 5.41) is 13.1. The van der Waals surface area contributed by atoms with Crippen LogP contribution in [0.2, 0.25) is 0 Å². The molecule has 0 aliphatic carbocycles. The van der Waals surface area contributed by atoms with Gasteiger partial charge in [0.05, 0.1) is 22.2 Å². The Kier molecular flexibility index (Phi) is 10.0. The Labute approximate surface area is 229 Å². The zero-order valence-electron chi connectivity index (χ0n) is 23.2. The van der Waals surface area contributed by atoms with Crippen molar-refractivity contribution in [3.8, 4) is 0 Å². The molecule has 0 radical (unpaired) electrons. The lowest BCUT2D eigenvalue weighted by atomic mass is 9.97. The lowest BCUT2D eigenvalue weighted by Gasteiger charge is -2.28. The van der Waals surface area contributed by atoms with Gasteiger partial charge in [-0.3, -0.25) is 15.0 Å². The van der Waals surface area contributed by atoms with E-state index in [1.807, 2.05) is 52.8 Å². The largest absolute Gasteiger partial charge is 0.460 e. The van der Waals surface area contributed by atoms with Crippen molar-refractivity contribution in [2.75, 3.05) is 13.1 Å². The lowest BCUT2D eigenvalue weighted by Crippen LogP contribution is -2.37. The number of nitrogens with zero attached hydrogens (tertiary/aromatic N) is 2. The fourth-order valence-electron chi connectivity index (χ4n) is 4.53. The van der Waals surface area contributed by atoms with Gasteiger partial charge in [-0.2, -0.15) is 0 Å². The van der Waals surface area contributed by atoms with Crippen LogP contribution in [-0.2, 0) is 25.6 Å². The number of carbonyl (C=O) groups excluding carboxylic acids is 2. The summed E-state index contributed by atoms with van der Waals surface area (Å²) >= 11 is 0. The number of nitro benzene ring substituents is 1. The third-order valence-corrected chi connectivity index (χ3v) is 6.54. The van der Waals surface area contributed by atoms with Crippen molar-refractivity contribution >= 4 is 17.6 Å². The first-order chi connectivity index (χ1) is 18.5. The molecule has 1 N–H and O–H groups in total. The summed E-state index contributed by atoms with van der Waals surface area (Å²) in [5.41, 5.74) is 3.24. The van der Waals surface area contributed by atoms with Crippen LogP contribution >= 0.6 is 0 Å². The Morgan fingerprint density at radius 1 is 1.00 bits per heavy atom. The summed E-state index contributed by atoms with van der Waals surface area (Å²) < 4.78 is 11.3. The predicted molar refractivity (Wildman–Crippen MR) is 148 cm³/mol. The van der Waals surface area contributed by atoms with Gasteiger partial charge in [0.1, 0.15) is 5.60 Å². The van der Waals surface area contributed by atoms with Gasteiger partial charge in [0.2, 0.25) is 0 Å². The molecule has 9 nitrogen and oxygen atoms in total. The zero-order chi connectivity index (χ0) is 28.6. The van der Waals surface area contributed by atoms with E-state index in [0.29, 0.717) is 17.7 Å². The predicted octanol–water partition coefficient (Wildman–Crippen LogP) is 5.28. The Balaban J connectivity index is 0.000000395. The van der Waals surface area contributed by atoms with Crippen LogP contribution in [0.4, 0.5) is 5.69 Å². The highest BCUT2D eigenvalue weighted by Crippen LogP contribution is 2.31. The van der Waals surface area contributed by atoms with Gasteiger partial charge >= 0.3 is 11.9 Å². The first-order valence-corrected chi connectivity index (χ1v) is 13.0. The minimum absolute atomic E-state index is 0.137. The molecule has 4 rings (SSSR count). The fourth-order valence-corrected chi connectivity index (χ4v) is 4.53. The number of hydrogen-bond donors (Lipinski definition) is 1. The van der Waals surface area contributed by atoms with Crippen LogP contribution in [-0.4, -0.2) is 46.6 Å². The van der Waals surface area contributed by atoms with Gasteiger partial charge in [-0.05, 0) is 40.2 Å². The number of para-hydroxylation sites is 1. The van der Waals surface area contributed by atoms with Gasteiger partial charge in [-0.25, -0.2) is 9.59 Å². The number of nitro groups is 1. The normalized spacial score (nSPS) is 19.2. The highest BCUT2D eigenvalue weighted by Gasteiger charge is 2.39. The monoisotopic (exact) mass is 535 g/mol. The Morgan fingerprint density at radius 2 is 1.56 bits per heavy atom. The second kappa shape index (κ2) is 13.2. The van der Waals surface area contributed by atoms with Crippen LogP contribution in [0, 0.1) is 10.1 Å². The topological polar surface area (TPSA) is 111 Å². The Morgan fingerprint density at radius 3 is 2.10 bits per heavy atom. The van der Waals surface area contributed by atoms with Crippen molar-refractivity contribution in [3.05, 3.63) is 98.9 Å². The van der Waals surface area contributed by atoms with Crippen molar-refractivity contribution in [3.63, 3.8) is 0 Å². The number of non-ortho nitro benzene ring substituents is 1. The van der Waals surface area contributed by atoms with Crippen molar-refractivity contribution in [2.24, 2.45) is 0 Å². The van der Waals surface area contributed by atoms with Gasteiger partial charge in [-0.1, -0.05) is 48.5 Å². The standard InChI is InChI=1S/C24H32N2O4.C6H5NO2/c1-16(2)29-22(27)20-13-21(18(4)25-17(20)3)23(28)30-24(5)11-12-26(15-24)14-19-9-7-6-8-10-19;8-7(9)6-4-2-1-3-5-6/h6-10,16,25H,11-15H2,1-5H3;1-5H/t24-;/m1./s1. The molecule has 2 heterocycles. The molecule has 0 aromatic heterocycles. The molecule has 1 atom stereocenters. The van der Waals surface area contributed by atoms with Gasteiger partial charge in [0, 0.05) is 56.0 Å². The Hall–Kier alpha value is -3.98. The molecule has 1 saturated heterocycles. The molecule has 2 aromatic rings. The van der Waals surface area contributed by atoms with E-state index in [2.05, 4.69) is 22.3 Å². The first-order valence-electron chi connectivity index (χ1n) is 13.0. The lowest BCUT2D eigenvalue weighted by molar-refractivity contribution is -0.384. The highest BCUT2D eigenvalue weighted by molar-refractivity contribution is 5.96. The van der Waals surface area contributed by atoms with E-state index in [1.165, 1.54) is 17.7 Å². The molecule has 0 unspecified atom stereocenters. The average Bonchev–Trinajstić information content (AvgIpc) is 3.24. The van der Waals surface area contributed by atoms with Crippen molar-refractivity contribution < 1.29 is 24.0 Å². The average molecular weight is 536 g/mol.